The number of amides is 1. The molecule has 2 aliphatic rings. The Balaban J connectivity index is 0.752. The van der Waals surface area contributed by atoms with E-state index in [9.17, 15) is 24.3 Å². The zero-order valence-electron chi connectivity index (χ0n) is 49.4. The van der Waals surface area contributed by atoms with Gasteiger partial charge in [0.1, 0.15) is 18.1 Å². The van der Waals surface area contributed by atoms with Crippen molar-refractivity contribution in [3.63, 3.8) is 0 Å². The van der Waals surface area contributed by atoms with Crippen LogP contribution in [0.3, 0.4) is 0 Å². The summed E-state index contributed by atoms with van der Waals surface area (Å²) in [4.78, 5) is 84.2. The van der Waals surface area contributed by atoms with Crippen LogP contribution in [0.1, 0.15) is 125 Å². The molecular weight excluding hydrogens is 1090 g/mol. The Kier molecular flexibility index (Phi) is 18.7. The van der Waals surface area contributed by atoms with Crippen LogP contribution in [0.15, 0.2) is 169 Å². The summed E-state index contributed by atoms with van der Waals surface area (Å²) in [5.41, 5.74) is 9.16. The fraction of sp³-hybridized carbons (Fsp3) is 0.300. The summed E-state index contributed by atoms with van der Waals surface area (Å²) in [5, 5.41) is 12.1. The number of aromatic nitrogens is 6. The Morgan fingerprint density at radius 3 is 1.78 bits per heavy atom. The summed E-state index contributed by atoms with van der Waals surface area (Å²) >= 11 is 0. The van der Waals surface area contributed by atoms with Gasteiger partial charge in [0.05, 0.1) is 64.0 Å². The highest BCUT2D eigenvalue weighted by molar-refractivity contribution is 5.93. The maximum Gasteiger partial charge on any atom is 0.343 e. The van der Waals surface area contributed by atoms with E-state index < -0.39 is 17.5 Å². The van der Waals surface area contributed by atoms with E-state index in [1.807, 2.05) is 128 Å². The zero-order chi connectivity index (χ0) is 60.3. The number of fused-ring (bicyclic) bond motifs is 5. The second kappa shape index (κ2) is 27.4. The molecule has 17 nitrogen and oxygen atoms in total. The molecule has 87 heavy (non-hydrogen) atoms. The number of benzene rings is 3. The highest BCUT2D eigenvalue weighted by atomic mass is 16.6. The van der Waals surface area contributed by atoms with Gasteiger partial charge in [-0.15, -0.1) is 0 Å². The standard InChI is InChI=1S/C70H71N9O8/c1-4-17-65(80)78(41-48-22-24-51(25-23-48)68(82)87-56-26-27-63-59(37-56)58(5-2)60-46-79-64(66(60)75-63)38-62-61(67(79)81)47-86-69(83)70(62,84)6-3)32-15-16-33-85-57-35-49(39-76(42-52-18-7-11-28-71-52)43-53-19-8-12-29-72-53)34-50(36-57)40-77(44-54-20-9-13-30-73-54)45-55-21-10-14-31-74-55/h7-14,18-31,34-38,84H,4-6,15-17,32-33,39-47H2,1-3H3/t70-/m1/s1. The molecule has 9 aromatic rings. The molecule has 11 rings (SSSR count). The lowest BCUT2D eigenvalue weighted by Crippen LogP contribution is -2.44. The second-order valence-corrected chi connectivity index (χ2v) is 22.3. The molecule has 1 amide bonds. The van der Waals surface area contributed by atoms with E-state index in [1.165, 1.54) is 0 Å². The molecular formula is C70H71N9O8. The van der Waals surface area contributed by atoms with E-state index >= 15 is 0 Å². The maximum absolute atomic E-state index is 13.9. The first-order valence-corrected chi connectivity index (χ1v) is 30.0. The van der Waals surface area contributed by atoms with E-state index in [4.69, 9.17) is 19.2 Å². The monoisotopic (exact) mass is 1170 g/mol. The van der Waals surface area contributed by atoms with Crippen molar-refractivity contribution in [3.05, 3.63) is 242 Å². The number of esters is 2. The predicted molar refractivity (Wildman–Crippen MR) is 330 cm³/mol. The molecule has 1 N–H and O–H groups in total. The molecule has 444 valence electrons. The Labute approximate surface area is 506 Å². The first kappa shape index (κ1) is 59.4. The number of cyclic esters (lactones) is 1. The summed E-state index contributed by atoms with van der Waals surface area (Å²) in [6.45, 7) is 10.9. The Hall–Kier alpha value is -9.29. The third-order valence-corrected chi connectivity index (χ3v) is 16.1. The molecule has 2 aliphatic heterocycles. The van der Waals surface area contributed by atoms with Gasteiger partial charge >= 0.3 is 11.9 Å². The van der Waals surface area contributed by atoms with Crippen LogP contribution < -0.4 is 15.0 Å². The van der Waals surface area contributed by atoms with Crippen LogP contribution in [-0.2, 0) is 85.3 Å². The van der Waals surface area contributed by atoms with Gasteiger partial charge in [0, 0.05) is 100 Å². The minimum Gasteiger partial charge on any atom is -0.494 e. The molecule has 0 fully saturated rings. The molecule has 17 heteroatoms. The lowest BCUT2D eigenvalue weighted by molar-refractivity contribution is -0.172. The number of hydrogen-bond donors (Lipinski definition) is 1. The maximum atomic E-state index is 13.9. The molecule has 0 aliphatic carbocycles. The number of ether oxygens (including phenoxy) is 3. The summed E-state index contributed by atoms with van der Waals surface area (Å²) < 4.78 is 19.5. The largest absolute Gasteiger partial charge is 0.494 e. The highest BCUT2D eigenvalue weighted by Gasteiger charge is 2.45. The van der Waals surface area contributed by atoms with Crippen molar-refractivity contribution in [2.24, 2.45) is 0 Å². The van der Waals surface area contributed by atoms with Gasteiger partial charge in [-0.1, -0.05) is 63.2 Å². The minimum atomic E-state index is -1.92. The van der Waals surface area contributed by atoms with E-state index in [2.05, 4.69) is 47.9 Å². The number of unbranched alkanes of at least 4 members (excludes halogenated alkanes) is 1. The molecule has 0 saturated carbocycles. The van der Waals surface area contributed by atoms with Gasteiger partial charge in [0.2, 0.25) is 5.91 Å². The lowest BCUT2D eigenvalue weighted by Gasteiger charge is -2.31. The van der Waals surface area contributed by atoms with Gasteiger partial charge in [-0.3, -0.25) is 39.3 Å². The Morgan fingerprint density at radius 1 is 0.644 bits per heavy atom. The smallest absolute Gasteiger partial charge is 0.343 e. The first-order chi connectivity index (χ1) is 42.4. The lowest BCUT2D eigenvalue weighted by atomic mass is 9.86. The molecule has 0 unspecified atom stereocenters. The number of carbonyl (C=O) groups excluding carboxylic acids is 3. The van der Waals surface area contributed by atoms with E-state index in [0.717, 1.165) is 68.1 Å². The van der Waals surface area contributed by atoms with Crippen LogP contribution >= 0.6 is 0 Å². The topological polar surface area (TPSA) is 195 Å². The van der Waals surface area contributed by atoms with Gasteiger partial charge in [-0.2, -0.15) is 0 Å². The van der Waals surface area contributed by atoms with Crippen molar-refractivity contribution in [2.75, 3.05) is 13.2 Å². The number of rotatable bonds is 26. The van der Waals surface area contributed by atoms with E-state index in [1.54, 1.807) is 47.9 Å². The number of carbonyl (C=O) groups is 3. The van der Waals surface area contributed by atoms with Crippen molar-refractivity contribution >= 4 is 28.7 Å². The fourth-order valence-corrected chi connectivity index (χ4v) is 11.7. The quantitative estimate of drug-likeness (QED) is 0.0305. The molecule has 3 aromatic carbocycles. The van der Waals surface area contributed by atoms with Gasteiger partial charge < -0.3 is 28.8 Å². The van der Waals surface area contributed by atoms with Crippen molar-refractivity contribution in [1.82, 2.24) is 44.2 Å². The molecule has 0 spiro atoms. The molecule has 6 aromatic heterocycles. The Morgan fingerprint density at radius 2 is 1.24 bits per heavy atom. The molecule has 8 heterocycles. The molecule has 0 saturated heterocycles. The molecule has 1 atom stereocenters. The normalized spacial score (nSPS) is 14.2. The van der Waals surface area contributed by atoms with Crippen LogP contribution in [0.2, 0.25) is 0 Å². The second-order valence-electron chi connectivity index (χ2n) is 22.3. The zero-order valence-corrected chi connectivity index (χ0v) is 49.4. The number of hydrogen-bond acceptors (Lipinski definition) is 15. The van der Waals surface area contributed by atoms with Gasteiger partial charge in [-0.05, 0) is 151 Å². The summed E-state index contributed by atoms with van der Waals surface area (Å²) in [5.74, 6) is -0.132. The van der Waals surface area contributed by atoms with Gasteiger partial charge in [0.15, 0.2) is 5.60 Å². The minimum absolute atomic E-state index is 0.0522. The number of aryl methyl sites for hydroxylation is 1. The van der Waals surface area contributed by atoms with Crippen molar-refractivity contribution in [2.45, 2.75) is 124 Å². The third kappa shape index (κ3) is 14.0. The first-order valence-electron chi connectivity index (χ1n) is 30.0. The van der Waals surface area contributed by atoms with E-state index in [0.29, 0.717) is 113 Å². The fourth-order valence-electron chi connectivity index (χ4n) is 11.7. The van der Waals surface area contributed by atoms with Crippen molar-refractivity contribution in [3.8, 4) is 22.9 Å². The Bertz CT molecular complexity index is 3760. The van der Waals surface area contributed by atoms with Crippen LogP contribution in [0.5, 0.6) is 11.5 Å². The SMILES string of the molecule is CCCC(=O)N(CCCCOc1cc(CN(Cc2ccccn2)Cc2ccccn2)cc(CN(Cc2ccccn2)Cc2ccccn2)c1)Cc1ccc(C(=O)Oc2ccc3nc4c(c(CC)c3c2)Cn2c-4cc3c(c2=O)COC(=O)[C@@]3(O)CC)cc1. The van der Waals surface area contributed by atoms with Crippen LogP contribution in [0, 0.1) is 0 Å². The summed E-state index contributed by atoms with van der Waals surface area (Å²) in [6, 6.07) is 44.7. The average molecular weight is 1170 g/mol. The number of aliphatic hydroxyl groups is 1. The van der Waals surface area contributed by atoms with Crippen LogP contribution in [0.25, 0.3) is 22.3 Å². The van der Waals surface area contributed by atoms with E-state index in [-0.39, 0.29) is 42.2 Å². The van der Waals surface area contributed by atoms with Crippen molar-refractivity contribution < 1.29 is 33.7 Å². The predicted octanol–water partition coefficient (Wildman–Crippen LogP) is 10.8. The summed E-state index contributed by atoms with van der Waals surface area (Å²) in [7, 11) is 0. The van der Waals surface area contributed by atoms with Gasteiger partial charge in [0.25, 0.3) is 5.56 Å². The molecule has 0 bridgehead atoms. The average Bonchev–Trinajstić information content (AvgIpc) is 1.66. The molecule has 0 radical (unpaired) electrons. The van der Waals surface area contributed by atoms with Crippen LogP contribution in [-0.4, -0.2) is 80.3 Å². The summed E-state index contributed by atoms with van der Waals surface area (Å²) in [6.07, 6.45) is 10.5. The number of nitrogens with zero attached hydrogens (tertiary/aromatic N) is 9. The third-order valence-electron chi connectivity index (χ3n) is 16.1. The van der Waals surface area contributed by atoms with Gasteiger partial charge in [-0.25, -0.2) is 14.6 Å². The number of pyridine rings is 6. The highest BCUT2D eigenvalue weighted by Crippen LogP contribution is 2.41. The van der Waals surface area contributed by atoms with Crippen LogP contribution in [0.4, 0.5) is 0 Å². The van der Waals surface area contributed by atoms with Crippen molar-refractivity contribution in [1.29, 1.82) is 0 Å².